The lowest BCUT2D eigenvalue weighted by molar-refractivity contribution is -0.120. The number of nitrogens with one attached hydrogen (secondary N) is 2. The highest BCUT2D eigenvalue weighted by Crippen LogP contribution is 2.29. The Morgan fingerprint density at radius 2 is 1.79 bits per heavy atom. The van der Waals surface area contributed by atoms with E-state index in [1.165, 1.54) is 0 Å². The van der Waals surface area contributed by atoms with E-state index in [4.69, 9.17) is 11.6 Å². The van der Waals surface area contributed by atoms with Crippen LogP contribution in [0.2, 0.25) is 5.02 Å². The Labute approximate surface area is 225 Å². The van der Waals surface area contributed by atoms with E-state index < -0.39 is 6.04 Å². The van der Waals surface area contributed by atoms with Crippen LogP contribution in [0.3, 0.4) is 0 Å². The molecule has 1 aliphatic heterocycles. The Kier molecular flexibility index (Phi) is 7.20. The van der Waals surface area contributed by atoms with Crippen molar-refractivity contribution in [3.8, 4) is 0 Å². The summed E-state index contributed by atoms with van der Waals surface area (Å²) < 4.78 is 0. The molecule has 1 aromatic heterocycles. The van der Waals surface area contributed by atoms with Crippen LogP contribution in [0, 0.1) is 6.92 Å². The minimum Gasteiger partial charge on any atom is -0.323 e. The third kappa shape index (κ3) is 5.58. The first kappa shape index (κ1) is 25.2. The van der Waals surface area contributed by atoms with E-state index in [-0.39, 0.29) is 24.3 Å². The average Bonchev–Trinajstić information content (AvgIpc) is 2.99. The first-order valence-electron chi connectivity index (χ1n) is 12.2. The standard InChI is InChI=1S/C30H25ClN4O3/c1-19-5-4-6-21(15-19)16-26-29(37)33-25-17-23(31)12-13-24(25)30(38)35(26)18-20-8-10-22(11-9-20)28(36)34-27-7-2-3-14-32-27/h2-15,17,26H,16,18H2,1H3,(H,33,37)(H,32,34,36). The molecular weight excluding hydrogens is 500 g/mol. The molecule has 2 N–H and O–H groups in total. The zero-order valence-corrected chi connectivity index (χ0v) is 21.4. The number of hydrogen-bond donors (Lipinski definition) is 2. The summed E-state index contributed by atoms with van der Waals surface area (Å²) in [6.45, 7) is 2.18. The van der Waals surface area contributed by atoms with Gasteiger partial charge < -0.3 is 15.5 Å². The summed E-state index contributed by atoms with van der Waals surface area (Å²) in [5.74, 6) is -0.388. The summed E-state index contributed by atoms with van der Waals surface area (Å²) in [5, 5.41) is 6.08. The van der Waals surface area contributed by atoms with Crippen molar-refractivity contribution in [3.05, 3.63) is 124 Å². The molecule has 3 amide bonds. The SMILES string of the molecule is Cc1cccc(CC2C(=O)Nc3cc(Cl)ccc3C(=O)N2Cc2ccc(C(=O)Nc3ccccn3)cc2)c1. The van der Waals surface area contributed by atoms with Gasteiger partial charge in [-0.1, -0.05) is 59.6 Å². The summed E-state index contributed by atoms with van der Waals surface area (Å²) in [6, 6.07) is 24.2. The topological polar surface area (TPSA) is 91.4 Å². The number of anilines is 2. The second kappa shape index (κ2) is 10.9. The fourth-order valence-corrected chi connectivity index (χ4v) is 4.66. The molecule has 2 heterocycles. The number of hydrogen-bond acceptors (Lipinski definition) is 4. The van der Waals surface area contributed by atoms with Crippen LogP contribution in [0.15, 0.2) is 91.1 Å². The number of nitrogens with zero attached hydrogens (tertiary/aromatic N) is 2. The van der Waals surface area contributed by atoms with Crippen LogP contribution in [0.5, 0.6) is 0 Å². The first-order chi connectivity index (χ1) is 18.4. The Bertz CT molecular complexity index is 1510. The van der Waals surface area contributed by atoms with Crippen molar-refractivity contribution in [1.29, 1.82) is 0 Å². The van der Waals surface area contributed by atoms with Gasteiger partial charge in [-0.25, -0.2) is 4.98 Å². The summed E-state index contributed by atoms with van der Waals surface area (Å²) in [6.07, 6.45) is 1.96. The predicted molar refractivity (Wildman–Crippen MR) is 147 cm³/mol. The number of amides is 3. The highest BCUT2D eigenvalue weighted by molar-refractivity contribution is 6.31. The Balaban J connectivity index is 1.43. The average molecular weight is 525 g/mol. The maximum atomic E-state index is 13.8. The summed E-state index contributed by atoms with van der Waals surface area (Å²) in [5.41, 5.74) is 4.03. The molecule has 4 aromatic rings. The van der Waals surface area contributed by atoms with Crippen LogP contribution in [0.25, 0.3) is 0 Å². The molecule has 0 fully saturated rings. The summed E-state index contributed by atoms with van der Waals surface area (Å²) in [4.78, 5) is 45.5. The van der Waals surface area contributed by atoms with Crippen molar-refractivity contribution in [1.82, 2.24) is 9.88 Å². The second-order valence-electron chi connectivity index (χ2n) is 9.19. The number of rotatable bonds is 6. The zero-order chi connectivity index (χ0) is 26.6. The monoisotopic (exact) mass is 524 g/mol. The number of carbonyl (C=O) groups is 3. The van der Waals surface area contributed by atoms with Gasteiger partial charge in [-0.2, -0.15) is 0 Å². The lowest BCUT2D eigenvalue weighted by Gasteiger charge is -2.29. The molecule has 0 saturated heterocycles. The first-order valence-corrected chi connectivity index (χ1v) is 12.5. The Hall–Kier alpha value is -4.49. The second-order valence-corrected chi connectivity index (χ2v) is 9.62. The van der Waals surface area contributed by atoms with E-state index >= 15 is 0 Å². The van der Waals surface area contributed by atoms with Crippen molar-refractivity contribution in [2.24, 2.45) is 0 Å². The number of aryl methyl sites for hydroxylation is 1. The van der Waals surface area contributed by atoms with Crippen LogP contribution in [0.1, 0.15) is 37.4 Å². The van der Waals surface area contributed by atoms with Crippen molar-refractivity contribution in [3.63, 3.8) is 0 Å². The molecule has 1 unspecified atom stereocenters. The number of fused-ring (bicyclic) bond motifs is 1. The molecule has 0 aliphatic carbocycles. The smallest absolute Gasteiger partial charge is 0.256 e. The molecule has 7 nitrogen and oxygen atoms in total. The van der Waals surface area contributed by atoms with Crippen molar-refractivity contribution in [2.45, 2.75) is 25.9 Å². The molecule has 3 aromatic carbocycles. The van der Waals surface area contributed by atoms with Gasteiger partial charge in [-0.3, -0.25) is 14.4 Å². The molecule has 1 atom stereocenters. The maximum absolute atomic E-state index is 13.8. The number of carbonyl (C=O) groups excluding carboxylic acids is 3. The van der Waals surface area contributed by atoms with Crippen molar-refractivity contribution >= 4 is 40.8 Å². The van der Waals surface area contributed by atoms with Crippen LogP contribution in [-0.2, 0) is 17.8 Å². The van der Waals surface area contributed by atoms with Gasteiger partial charge in [-0.05, 0) is 60.5 Å². The molecular formula is C30H25ClN4O3. The Morgan fingerprint density at radius 3 is 2.53 bits per heavy atom. The summed E-state index contributed by atoms with van der Waals surface area (Å²) in [7, 11) is 0. The predicted octanol–water partition coefficient (Wildman–Crippen LogP) is 5.50. The Morgan fingerprint density at radius 1 is 0.974 bits per heavy atom. The highest BCUT2D eigenvalue weighted by atomic mass is 35.5. The molecule has 0 radical (unpaired) electrons. The lowest BCUT2D eigenvalue weighted by atomic mass is 10.0. The van der Waals surface area contributed by atoms with Crippen molar-refractivity contribution in [2.75, 3.05) is 10.6 Å². The minimum atomic E-state index is -0.748. The zero-order valence-electron chi connectivity index (χ0n) is 20.6. The van der Waals surface area contributed by atoms with E-state index in [2.05, 4.69) is 15.6 Å². The van der Waals surface area contributed by atoms with Gasteiger partial charge >= 0.3 is 0 Å². The summed E-state index contributed by atoms with van der Waals surface area (Å²) >= 11 is 6.15. The molecule has 0 saturated carbocycles. The van der Waals surface area contributed by atoms with Gasteiger partial charge in [0, 0.05) is 29.7 Å². The molecule has 190 valence electrons. The minimum absolute atomic E-state index is 0.187. The van der Waals surface area contributed by atoms with Gasteiger partial charge in [0.25, 0.3) is 11.8 Å². The molecule has 0 bridgehead atoms. The van der Waals surface area contributed by atoms with Crippen LogP contribution >= 0.6 is 11.6 Å². The van der Waals surface area contributed by atoms with E-state index in [0.29, 0.717) is 34.1 Å². The van der Waals surface area contributed by atoms with Crippen LogP contribution in [-0.4, -0.2) is 33.6 Å². The normalized spacial score (nSPS) is 14.9. The maximum Gasteiger partial charge on any atom is 0.256 e. The van der Waals surface area contributed by atoms with Gasteiger partial charge in [0.05, 0.1) is 11.3 Å². The van der Waals surface area contributed by atoms with Gasteiger partial charge in [0.1, 0.15) is 11.9 Å². The quantitative estimate of drug-likeness (QED) is 0.348. The number of halogens is 1. The van der Waals surface area contributed by atoms with E-state index in [9.17, 15) is 14.4 Å². The van der Waals surface area contributed by atoms with Crippen molar-refractivity contribution < 1.29 is 14.4 Å². The van der Waals surface area contributed by atoms with E-state index in [0.717, 1.165) is 16.7 Å². The third-order valence-corrected chi connectivity index (χ3v) is 6.63. The largest absolute Gasteiger partial charge is 0.323 e. The fraction of sp³-hybridized carbons (Fsp3) is 0.133. The molecule has 38 heavy (non-hydrogen) atoms. The van der Waals surface area contributed by atoms with Crippen LogP contribution in [0.4, 0.5) is 11.5 Å². The van der Waals surface area contributed by atoms with Gasteiger partial charge in [-0.15, -0.1) is 0 Å². The van der Waals surface area contributed by atoms with Crippen LogP contribution < -0.4 is 10.6 Å². The highest BCUT2D eigenvalue weighted by Gasteiger charge is 2.35. The number of benzene rings is 3. The van der Waals surface area contributed by atoms with Gasteiger partial charge in [0.15, 0.2) is 0 Å². The van der Waals surface area contributed by atoms with Gasteiger partial charge in [0.2, 0.25) is 5.91 Å². The molecule has 8 heteroatoms. The lowest BCUT2D eigenvalue weighted by Crippen LogP contribution is -2.46. The number of pyridine rings is 1. The molecule has 1 aliphatic rings. The van der Waals surface area contributed by atoms with E-state index in [1.807, 2.05) is 31.2 Å². The fourth-order valence-electron chi connectivity index (χ4n) is 4.49. The molecule has 5 rings (SSSR count). The third-order valence-electron chi connectivity index (χ3n) is 6.40. The van der Waals surface area contributed by atoms with E-state index in [1.54, 1.807) is 71.8 Å². The molecule has 0 spiro atoms. The number of aromatic nitrogens is 1.